The van der Waals surface area contributed by atoms with Crippen molar-refractivity contribution in [2.45, 2.75) is 42.8 Å². The molecule has 0 saturated heterocycles. The number of aromatic hydroxyl groups is 1. The predicted octanol–water partition coefficient (Wildman–Crippen LogP) is 3.48. The molecule has 2 N–H and O–H groups in total. The van der Waals surface area contributed by atoms with E-state index in [4.69, 9.17) is 0 Å². The molecule has 0 radical (unpaired) electrons. The van der Waals surface area contributed by atoms with E-state index in [1.165, 1.54) is 16.3 Å². The first-order valence-electron chi connectivity index (χ1n) is 10.0. The maximum atomic E-state index is 13.1. The molecule has 4 rings (SSSR count). The van der Waals surface area contributed by atoms with Gasteiger partial charge in [0, 0.05) is 34.4 Å². The number of aliphatic hydroxyl groups is 1. The molecular weight excluding hydrogens is 426 g/mol. The van der Waals surface area contributed by atoms with Crippen LogP contribution in [0.3, 0.4) is 0 Å². The van der Waals surface area contributed by atoms with E-state index in [9.17, 15) is 19.8 Å². The van der Waals surface area contributed by atoms with Crippen molar-refractivity contribution in [3.8, 4) is 11.4 Å². The summed E-state index contributed by atoms with van der Waals surface area (Å²) < 4.78 is 3.06. The number of rotatable bonds is 5. The summed E-state index contributed by atoms with van der Waals surface area (Å²) in [4.78, 5) is 30.7. The highest BCUT2D eigenvalue weighted by Crippen LogP contribution is 2.26. The van der Waals surface area contributed by atoms with Crippen LogP contribution in [0.15, 0.2) is 80.4 Å². The highest BCUT2D eigenvalue weighted by atomic mass is 32.2. The number of phenolic OH excluding ortho intramolecular Hbond substituents is 1. The van der Waals surface area contributed by atoms with Gasteiger partial charge in [-0.05, 0) is 68.8 Å². The number of aryl methyl sites for hydroxylation is 1. The molecule has 0 saturated carbocycles. The molecule has 0 atom stereocenters. The summed E-state index contributed by atoms with van der Waals surface area (Å²) in [5, 5.41) is 20.8. The van der Waals surface area contributed by atoms with Gasteiger partial charge in [0.1, 0.15) is 5.75 Å². The Kier molecular flexibility index (Phi) is 5.66. The van der Waals surface area contributed by atoms with Crippen LogP contribution in [0.2, 0.25) is 0 Å². The molecule has 7 nitrogen and oxygen atoms in total. The first-order valence-corrected chi connectivity index (χ1v) is 10.9. The van der Waals surface area contributed by atoms with Crippen LogP contribution in [0, 0.1) is 6.92 Å². The molecule has 0 bridgehead atoms. The monoisotopic (exact) mass is 449 g/mol. The Morgan fingerprint density at radius 2 is 1.78 bits per heavy atom. The Labute approximate surface area is 188 Å². The molecule has 2 aromatic carbocycles. The zero-order chi connectivity index (χ0) is 23.0. The summed E-state index contributed by atoms with van der Waals surface area (Å²) in [7, 11) is 0. The third kappa shape index (κ3) is 4.46. The molecule has 32 heavy (non-hydrogen) atoms. The Balaban J connectivity index is 1.80. The van der Waals surface area contributed by atoms with Gasteiger partial charge in [0.25, 0.3) is 11.1 Å². The van der Waals surface area contributed by atoms with Gasteiger partial charge in [0.2, 0.25) is 0 Å². The lowest BCUT2D eigenvalue weighted by atomic mass is 10.1. The van der Waals surface area contributed by atoms with E-state index in [1.807, 2.05) is 13.0 Å². The standard InChI is InChI=1S/C24H23N3O4S/c1-15-12-21(29)27(14-24(2,3)31)20-9-4-16(13-19(15)20)26-11-10-25-22(23(26)30)32-18-7-5-17(28)6-8-18/h4-13,28,31H,14H2,1-3H3. The lowest BCUT2D eigenvalue weighted by Crippen LogP contribution is -2.33. The van der Waals surface area contributed by atoms with Crippen LogP contribution in [0.25, 0.3) is 16.6 Å². The lowest BCUT2D eigenvalue weighted by Gasteiger charge is -2.21. The van der Waals surface area contributed by atoms with E-state index >= 15 is 0 Å². The SMILES string of the molecule is Cc1cc(=O)n(CC(C)(C)O)c2ccc(-n3ccnc(Sc4ccc(O)cc4)c3=O)cc12. The van der Waals surface area contributed by atoms with E-state index in [1.54, 1.807) is 73.3 Å². The molecule has 8 heteroatoms. The van der Waals surface area contributed by atoms with Gasteiger partial charge in [-0.1, -0.05) is 11.8 Å². The zero-order valence-electron chi connectivity index (χ0n) is 17.9. The van der Waals surface area contributed by atoms with Crippen molar-refractivity contribution in [3.05, 3.63) is 87.2 Å². The highest BCUT2D eigenvalue weighted by molar-refractivity contribution is 7.99. The first kappa shape index (κ1) is 21.9. The molecule has 2 aromatic heterocycles. The fourth-order valence-electron chi connectivity index (χ4n) is 3.53. The van der Waals surface area contributed by atoms with E-state index in [0.29, 0.717) is 16.2 Å². The molecule has 0 fully saturated rings. The Morgan fingerprint density at radius 3 is 2.47 bits per heavy atom. The minimum Gasteiger partial charge on any atom is -0.508 e. The van der Waals surface area contributed by atoms with Gasteiger partial charge in [0.05, 0.1) is 17.7 Å². The molecule has 0 aliphatic rings. The Bertz CT molecular complexity index is 1420. The number of fused-ring (bicyclic) bond motifs is 1. The average molecular weight is 450 g/mol. The second-order valence-corrected chi connectivity index (χ2v) is 9.33. The van der Waals surface area contributed by atoms with Gasteiger partial charge in [-0.2, -0.15) is 0 Å². The van der Waals surface area contributed by atoms with Crippen LogP contribution in [0.5, 0.6) is 5.75 Å². The third-order valence-electron chi connectivity index (χ3n) is 4.99. The van der Waals surface area contributed by atoms with Crippen molar-refractivity contribution in [2.75, 3.05) is 0 Å². The number of hydrogen-bond acceptors (Lipinski definition) is 6. The van der Waals surface area contributed by atoms with Crippen LogP contribution < -0.4 is 11.1 Å². The van der Waals surface area contributed by atoms with Crippen molar-refractivity contribution < 1.29 is 10.2 Å². The topological polar surface area (TPSA) is 97.3 Å². The molecule has 0 aliphatic carbocycles. The molecule has 164 valence electrons. The van der Waals surface area contributed by atoms with Crippen molar-refractivity contribution in [1.82, 2.24) is 14.1 Å². The minimum absolute atomic E-state index is 0.155. The van der Waals surface area contributed by atoms with Crippen LogP contribution >= 0.6 is 11.8 Å². The third-order valence-corrected chi connectivity index (χ3v) is 5.97. The van der Waals surface area contributed by atoms with Crippen molar-refractivity contribution in [3.63, 3.8) is 0 Å². The molecule has 0 unspecified atom stereocenters. The largest absolute Gasteiger partial charge is 0.508 e. The van der Waals surface area contributed by atoms with Crippen LogP contribution in [-0.2, 0) is 6.54 Å². The fraction of sp³-hybridized carbons (Fsp3) is 0.208. The highest BCUT2D eigenvalue weighted by Gasteiger charge is 2.17. The Morgan fingerprint density at radius 1 is 1.06 bits per heavy atom. The summed E-state index contributed by atoms with van der Waals surface area (Å²) in [6.45, 7) is 5.32. The van der Waals surface area contributed by atoms with Crippen LogP contribution in [0.4, 0.5) is 0 Å². The number of pyridine rings is 1. The van der Waals surface area contributed by atoms with Gasteiger partial charge in [-0.15, -0.1) is 0 Å². The van der Waals surface area contributed by atoms with Gasteiger partial charge in [0.15, 0.2) is 5.03 Å². The van der Waals surface area contributed by atoms with Gasteiger partial charge in [-0.3, -0.25) is 14.2 Å². The Hall–Kier alpha value is -3.36. The normalized spacial score (nSPS) is 11.8. The molecule has 0 amide bonds. The average Bonchev–Trinajstić information content (AvgIpc) is 2.73. The van der Waals surface area contributed by atoms with Gasteiger partial charge in [-0.25, -0.2) is 4.98 Å². The summed E-state index contributed by atoms with van der Waals surface area (Å²) >= 11 is 1.22. The summed E-state index contributed by atoms with van der Waals surface area (Å²) in [5.41, 5.74) is 0.633. The van der Waals surface area contributed by atoms with E-state index in [0.717, 1.165) is 15.8 Å². The number of aromatic nitrogens is 3. The zero-order valence-corrected chi connectivity index (χ0v) is 18.8. The number of benzene rings is 2. The lowest BCUT2D eigenvalue weighted by molar-refractivity contribution is 0.0618. The van der Waals surface area contributed by atoms with E-state index < -0.39 is 5.60 Å². The molecule has 0 spiro atoms. The minimum atomic E-state index is -1.05. The second-order valence-electron chi connectivity index (χ2n) is 8.27. The van der Waals surface area contributed by atoms with Gasteiger partial charge < -0.3 is 14.8 Å². The summed E-state index contributed by atoms with van der Waals surface area (Å²) in [6.07, 6.45) is 3.17. The maximum Gasteiger partial charge on any atom is 0.287 e. The first-order chi connectivity index (χ1) is 15.1. The number of hydrogen-bond donors (Lipinski definition) is 2. The summed E-state index contributed by atoms with van der Waals surface area (Å²) in [6, 6.07) is 13.5. The molecule has 4 aromatic rings. The molecule has 2 heterocycles. The molecular formula is C24H23N3O4S. The summed E-state index contributed by atoms with van der Waals surface area (Å²) in [5.74, 6) is 0.155. The van der Waals surface area contributed by atoms with Crippen LogP contribution in [-0.4, -0.2) is 29.9 Å². The van der Waals surface area contributed by atoms with Crippen LogP contribution in [0.1, 0.15) is 19.4 Å². The van der Waals surface area contributed by atoms with Gasteiger partial charge >= 0.3 is 0 Å². The number of nitrogens with zero attached hydrogens (tertiary/aromatic N) is 3. The van der Waals surface area contributed by atoms with Crippen molar-refractivity contribution in [1.29, 1.82) is 0 Å². The van der Waals surface area contributed by atoms with E-state index in [2.05, 4.69) is 4.98 Å². The van der Waals surface area contributed by atoms with E-state index in [-0.39, 0.29) is 23.4 Å². The fourth-order valence-corrected chi connectivity index (χ4v) is 4.32. The quantitative estimate of drug-likeness (QED) is 0.484. The smallest absolute Gasteiger partial charge is 0.287 e. The maximum absolute atomic E-state index is 13.1. The molecule has 0 aliphatic heterocycles. The van der Waals surface area contributed by atoms with Crippen molar-refractivity contribution in [2.24, 2.45) is 0 Å². The van der Waals surface area contributed by atoms with Crippen molar-refractivity contribution >= 4 is 22.7 Å². The number of phenols is 1. The second kappa shape index (κ2) is 8.29. The predicted molar refractivity (Wildman–Crippen MR) is 125 cm³/mol.